The minimum absolute atomic E-state index is 0.218. The summed E-state index contributed by atoms with van der Waals surface area (Å²) in [6.45, 7) is 0. The molecular formula is C26H38BN2O. The van der Waals surface area contributed by atoms with Gasteiger partial charge in [-0.05, 0) is 37.8 Å². The molecule has 0 spiro atoms. The van der Waals surface area contributed by atoms with Crippen molar-refractivity contribution in [2.24, 2.45) is 5.92 Å². The molecule has 3 nitrogen and oxygen atoms in total. The second-order valence-electron chi connectivity index (χ2n) is 9.74. The van der Waals surface area contributed by atoms with Crippen LogP contribution in [0.3, 0.4) is 0 Å². The van der Waals surface area contributed by atoms with Gasteiger partial charge in [-0.25, -0.2) is 4.98 Å². The third-order valence-electron chi connectivity index (χ3n) is 7.33. The molecule has 0 aliphatic heterocycles. The van der Waals surface area contributed by atoms with E-state index in [-0.39, 0.29) is 5.92 Å². The quantitative estimate of drug-likeness (QED) is 0.599. The summed E-state index contributed by atoms with van der Waals surface area (Å²) in [5, 5.41) is 0. The van der Waals surface area contributed by atoms with E-state index in [0.29, 0.717) is 11.6 Å². The monoisotopic (exact) mass is 405 g/mol. The Bertz CT molecular complexity index is 794. The fourth-order valence-corrected chi connectivity index (χ4v) is 5.44. The molecule has 4 heteroatoms. The van der Waals surface area contributed by atoms with Crippen LogP contribution in [0, 0.1) is 5.92 Å². The van der Waals surface area contributed by atoms with Crippen LogP contribution in [0.5, 0.6) is 0 Å². The fraction of sp³-hybridized carbons (Fsp3) is 0.692. The van der Waals surface area contributed by atoms with Crippen molar-refractivity contribution in [2.45, 2.75) is 109 Å². The second-order valence-corrected chi connectivity index (χ2v) is 9.74. The molecule has 2 aliphatic carbocycles. The van der Waals surface area contributed by atoms with Crippen LogP contribution in [-0.2, 0) is 4.79 Å². The number of fused-ring (bicyclic) bond motifs is 1. The maximum absolute atomic E-state index is 13.0. The third-order valence-corrected chi connectivity index (χ3v) is 7.33. The lowest BCUT2D eigenvalue weighted by Crippen LogP contribution is -2.29. The molecule has 4 rings (SSSR count). The van der Waals surface area contributed by atoms with E-state index >= 15 is 0 Å². The number of rotatable bonds is 4. The molecule has 1 radical (unpaired) electrons. The van der Waals surface area contributed by atoms with Crippen LogP contribution < -0.4 is 5.46 Å². The first-order valence-electron chi connectivity index (χ1n) is 12.7. The van der Waals surface area contributed by atoms with E-state index in [0.717, 1.165) is 35.2 Å². The van der Waals surface area contributed by atoms with Crippen molar-refractivity contribution in [3.63, 3.8) is 0 Å². The highest BCUT2D eigenvalue weighted by Gasteiger charge is 2.21. The number of carbonyl (C=O) groups excluding carboxylic acids is 1. The Balaban J connectivity index is 1.43. The molecule has 1 aromatic heterocycles. The summed E-state index contributed by atoms with van der Waals surface area (Å²) in [4.78, 5) is 21.5. The van der Waals surface area contributed by atoms with Gasteiger partial charge in [-0.2, -0.15) is 0 Å². The minimum Gasteiger partial charge on any atom is -0.342 e. The fourth-order valence-electron chi connectivity index (χ4n) is 5.44. The van der Waals surface area contributed by atoms with E-state index in [9.17, 15) is 4.79 Å². The zero-order valence-corrected chi connectivity index (χ0v) is 18.6. The largest absolute Gasteiger partial charge is 0.342 e. The summed E-state index contributed by atoms with van der Waals surface area (Å²) in [6.07, 6.45) is 20.4. The topological polar surface area (TPSA) is 45.8 Å². The van der Waals surface area contributed by atoms with Crippen molar-refractivity contribution in [1.82, 2.24) is 9.97 Å². The molecule has 0 atom stereocenters. The first-order chi connectivity index (χ1) is 14.8. The smallest absolute Gasteiger partial charge is 0.241 e. The molecule has 161 valence electrons. The Kier molecular flexibility index (Phi) is 8.05. The summed E-state index contributed by atoms with van der Waals surface area (Å²) in [5.74, 6) is 1.94. The summed E-state index contributed by atoms with van der Waals surface area (Å²) in [7, 11) is 1.89. The van der Waals surface area contributed by atoms with Crippen LogP contribution >= 0.6 is 0 Å². The predicted octanol–water partition coefficient (Wildman–Crippen LogP) is 6.39. The van der Waals surface area contributed by atoms with Crippen LogP contribution in [0.4, 0.5) is 0 Å². The first-order valence-corrected chi connectivity index (χ1v) is 12.7. The van der Waals surface area contributed by atoms with E-state index in [1.807, 2.05) is 7.28 Å². The SMILES string of the molecule is O=C([B]c1ccc2nc(C3CCCCCCCC3)[nH]c2c1)C1CCCCCCCC1. The lowest BCUT2D eigenvalue weighted by Gasteiger charge is -2.14. The van der Waals surface area contributed by atoms with Gasteiger partial charge in [-0.15, -0.1) is 0 Å². The van der Waals surface area contributed by atoms with Gasteiger partial charge in [0.05, 0.1) is 16.7 Å². The molecule has 2 fully saturated rings. The third kappa shape index (κ3) is 5.98. The van der Waals surface area contributed by atoms with Gasteiger partial charge < -0.3 is 9.78 Å². The van der Waals surface area contributed by atoms with Crippen molar-refractivity contribution in [1.29, 1.82) is 0 Å². The van der Waals surface area contributed by atoms with Crippen LogP contribution in [0.25, 0.3) is 11.0 Å². The van der Waals surface area contributed by atoms with Gasteiger partial charge in [0.2, 0.25) is 7.28 Å². The van der Waals surface area contributed by atoms with Crippen molar-refractivity contribution in [2.75, 3.05) is 0 Å². The normalized spacial score (nSPS) is 21.1. The van der Waals surface area contributed by atoms with Crippen molar-refractivity contribution >= 4 is 29.5 Å². The average Bonchev–Trinajstić information content (AvgIpc) is 3.25. The molecule has 0 amide bonds. The Morgan fingerprint density at radius 1 is 0.800 bits per heavy atom. The van der Waals surface area contributed by atoms with Crippen LogP contribution in [0.15, 0.2) is 18.2 Å². The van der Waals surface area contributed by atoms with E-state index in [1.165, 1.54) is 89.9 Å². The van der Waals surface area contributed by atoms with Crippen molar-refractivity contribution in [3.05, 3.63) is 24.0 Å². The van der Waals surface area contributed by atoms with Gasteiger partial charge in [-0.1, -0.05) is 88.6 Å². The lowest BCUT2D eigenvalue weighted by atomic mass is 9.61. The number of aromatic nitrogens is 2. The number of carbonyl (C=O) groups is 1. The highest BCUT2D eigenvalue weighted by molar-refractivity contribution is 6.84. The highest BCUT2D eigenvalue weighted by atomic mass is 16.1. The van der Waals surface area contributed by atoms with Crippen molar-refractivity contribution in [3.8, 4) is 0 Å². The Morgan fingerprint density at radius 2 is 1.37 bits per heavy atom. The molecule has 2 aromatic rings. The van der Waals surface area contributed by atoms with E-state index in [4.69, 9.17) is 4.98 Å². The predicted molar refractivity (Wildman–Crippen MR) is 127 cm³/mol. The van der Waals surface area contributed by atoms with Crippen molar-refractivity contribution < 1.29 is 4.79 Å². The number of nitrogens with one attached hydrogen (secondary N) is 1. The van der Waals surface area contributed by atoms with Gasteiger partial charge in [0, 0.05) is 11.8 Å². The van der Waals surface area contributed by atoms with Crippen LogP contribution in [0.1, 0.15) is 114 Å². The van der Waals surface area contributed by atoms with E-state index < -0.39 is 0 Å². The number of imidazole rings is 1. The molecule has 1 aromatic carbocycles. The average molecular weight is 405 g/mol. The summed E-state index contributed by atoms with van der Waals surface area (Å²) < 4.78 is 0. The molecule has 1 heterocycles. The Morgan fingerprint density at radius 3 is 2.00 bits per heavy atom. The van der Waals surface area contributed by atoms with Gasteiger partial charge in [0.1, 0.15) is 5.82 Å². The minimum atomic E-state index is 0.218. The number of nitrogens with zero attached hydrogens (tertiary/aromatic N) is 1. The molecular weight excluding hydrogens is 367 g/mol. The Labute approximate surface area is 183 Å². The number of H-pyrrole nitrogens is 1. The zero-order valence-electron chi connectivity index (χ0n) is 18.6. The first kappa shape index (κ1) is 21.6. The van der Waals surface area contributed by atoms with Gasteiger partial charge in [0.25, 0.3) is 0 Å². The lowest BCUT2D eigenvalue weighted by molar-refractivity contribution is -0.115. The summed E-state index contributed by atoms with van der Waals surface area (Å²) in [6, 6.07) is 6.30. The maximum Gasteiger partial charge on any atom is 0.241 e. The van der Waals surface area contributed by atoms with Crippen LogP contribution in [0.2, 0.25) is 0 Å². The van der Waals surface area contributed by atoms with E-state index in [2.05, 4.69) is 23.2 Å². The Hall–Kier alpha value is -1.58. The number of hydrogen-bond acceptors (Lipinski definition) is 2. The highest BCUT2D eigenvalue weighted by Crippen LogP contribution is 2.30. The number of benzene rings is 1. The molecule has 1 N–H and O–H groups in total. The van der Waals surface area contributed by atoms with Crippen LogP contribution in [-0.4, -0.2) is 22.9 Å². The molecule has 0 unspecified atom stereocenters. The number of aromatic amines is 1. The second kappa shape index (κ2) is 11.2. The standard InChI is InChI=1S/C26H38BN2O/c30-25(20-13-9-5-1-2-6-10-14-20)27-22-17-18-23-24(19-22)29-26(28-23)21-15-11-7-3-4-8-12-16-21/h17-21H,1-16H2,(H,28,29). The van der Waals surface area contributed by atoms with Gasteiger partial charge in [0.15, 0.2) is 0 Å². The van der Waals surface area contributed by atoms with Gasteiger partial charge >= 0.3 is 0 Å². The molecule has 2 saturated carbocycles. The summed E-state index contributed by atoms with van der Waals surface area (Å²) >= 11 is 0. The molecule has 30 heavy (non-hydrogen) atoms. The molecule has 0 bridgehead atoms. The summed E-state index contributed by atoms with van der Waals surface area (Å²) in [5.41, 5.74) is 3.47. The van der Waals surface area contributed by atoms with Gasteiger partial charge in [-0.3, -0.25) is 0 Å². The zero-order chi connectivity index (χ0) is 20.6. The number of hydrogen-bond donors (Lipinski definition) is 1. The molecule has 2 aliphatic rings. The molecule has 0 saturated heterocycles. The van der Waals surface area contributed by atoms with E-state index in [1.54, 1.807) is 0 Å². The maximum atomic E-state index is 13.0.